The summed E-state index contributed by atoms with van der Waals surface area (Å²) in [5, 5.41) is 1.16. The Labute approximate surface area is 70.9 Å². The maximum absolute atomic E-state index is 3.49. The van der Waals surface area contributed by atoms with E-state index < -0.39 is 0 Å². The molecule has 0 radical (unpaired) electrons. The van der Waals surface area contributed by atoms with Gasteiger partial charge in [0, 0.05) is 5.33 Å². The lowest BCUT2D eigenvalue weighted by Gasteiger charge is -2.08. The first-order chi connectivity index (χ1) is 4.35. The summed E-state index contributed by atoms with van der Waals surface area (Å²) in [7, 11) is 0. The molecule has 0 saturated heterocycles. The van der Waals surface area contributed by atoms with Crippen LogP contribution >= 0.6 is 27.7 Å². The molecule has 0 fully saturated rings. The Morgan fingerprint density at radius 3 is 2.44 bits per heavy atom. The van der Waals surface area contributed by atoms with Gasteiger partial charge >= 0.3 is 0 Å². The molecule has 0 spiro atoms. The van der Waals surface area contributed by atoms with Crippen LogP contribution in [0.5, 0.6) is 0 Å². The Balaban J connectivity index is 3.09. The fourth-order valence-electron chi connectivity index (χ4n) is 0.556. The third-order valence-electron chi connectivity index (χ3n) is 1.35. The summed E-state index contributed by atoms with van der Waals surface area (Å²) in [5.41, 5.74) is 0. The van der Waals surface area contributed by atoms with Crippen molar-refractivity contribution in [2.24, 2.45) is 5.92 Å². The molecule has 0 aromatic rings. The van der Waals surface area contributed by atoms with Crippen LogP contribution in [0.2, 0.25) is 0 Å². The van der Waals surface area contributed by atoms with Gasteiger partial charge in [0.15, 0.2) is 0 Å². The molecule has 0 N–H and O–H groups in total. The van der Waals surface area contributed by atoms with E-state index in [0.29, 0.717) is 0 Å². The first-order valence-electron chi connectivity index (χ1n) is 3.48. The maximum Gasteiger partial charge on any atom is 0.00674 e. The van der Waals surface area contributed by atoms with E-state index in [9.17, 15) is 0 Å². The summed E-state index contributed by atoms with van der Waals surface area (Å²) in [4.78, 5) is 0. The van der Waals surface area contributed by atoms with Crippen molar-refractivity contribution in [3.05, 3.63) is 0 Å². The monoisotopic (exact) mass is 210 g/mol. The molecule has 0 bridgehead atoms. The highest BCUT2D eigenvalue weighted by molar-refractivity contribution is 9.09. The third kappa shape index (κ3) is 5.28. The molecule has 0 saturated carbocycles. The molecule has 2 heteroatoms. The summed E-state index contributed by atoms with van der Waals surface area (Å²) in [6.45, 7) is 4.47. The van der Waals surface area contributed by atoms with Gasteiger partial charge in [-0.05, 0) is 17.4 Å². The lowest BCUT2D eigenvalue weighted by molar-refractivity contribution is 0.652. The van der Waals surface area contributed by atoms with Crippen LogP contribution in [-0.2, 0) is 0 Å². The van der Waals surface area contributed by atoms with Crippen LogP contribution in [0.3, 0.4) is 0 Å². The van der Waals surface area contributed by atoms with Crippen LogP contribution in [0, 0.1) is 5.92 Å². The van der Waals surface area contributed by atoms with Crippen molar-refractivity contribution >= 4 is 27.7 Å². The lowest BCUT2D eigenvalue weighted by atomic mass is 10.2. The van der Waals surface area contributed by atoms with Gasteiger partial charge in [-0.15, -0.1) is 0 Å². The lowest BCUT2D eigenvalue weighted by Crippen LogP contribution is -2.03. The highest BCUT2D eigenvalue weighted by atomic mass is 79.9. The van der Waals surface area contributed by atoms with Crippen LogP contribution in [0.4, 0.5) is 0 Å². The number of alkyl halides is 1. The largest absolute Gasteiger partial charge is 0.162 e. The molecular formula is C7H15BrS. The second-order valence-corrected chi connectivity index (χ2v) is 4.05. The summed E-state index contributed by atoms with van der Waals surface area (Å²) >= 11 is 5.53. The van der Waals surface area contributed by atoms with Gasteiger partial charge in [-0.2, -0.15) is 11.8 Å². The zero-order chi connectivity index (χ0) is 7.11. The normalized spacial score (nSPS) is 13.7. The molecule has 0 aliphatic heterocycles. The van der Waals surface area contributed by atoms with Crippen LogP contribution in [-0.4, -0.2) is 16.8 Å². The van der Waals surface area contributed by atoms with Gasteiger partial charge in [-0.1, -0.05) is 36.2 Å². The Morgan fingerprint density at radius 1 is 1.44 bits per heavy atom. The fraction of sp³-hybridized carbons (Fsp3) is 1.00. The molecule has 0 rings (SSSR count). The van der Waals surface area contributed by atoms with E-state index in [0.717, 1.165) is 11.2 Å². The average molecular weight is 211 g/mol. The van der Waals surface area contributed by atoms with Gasteiger partial charge in [0.05, 0.1) is 0 Å². The first-order valence-corrected chi connectivity index (χ1v) is 5.76. The van der Waals surface area contributed by atoms with Crippen molar-refractivity contribution in [2.45, 2.75) is 20.3 Å². The molecule has 9 heavy (non-hydrogen) atoms. The van der Waals surface area contributed by atoms with E-state index in [2.05, 4.69) is 29.8 Å². The minimum absolute atomic E-state index is 0.884. The number of rotatable bonds is 5. The highest BCUT2D eigenvalue weighted by Gasteiger charge is 2.01. The third-order valence-corrected chi connectivity index (χ3v) is 3.38. The zero-order valence-electron chi connectivity index (χ0n) is 6.19. The van der Waals surface area contributed by atoms with Crippen LogP contribution < -0.4 is 0 Å². The van der Waals surface area contributed by atoms with E-state index in [4.69, 9.17) is 0 Å². The Hall–Kier alpha value is 0.830. The summed E-state index contributed by atoms with van der Waals surface area (Å²) in [5.74, 6) is 3.46. The van der Waals surface area contributed by atoms with Gasteiger partial charge < -0.3 is 0 Å². The molecule has 0 aromatic heterocycles. The molecule has 0 aromatic carbocycles. The number of halogens is 1. The molecule has 0 aliphatic carbocycles. The highest BCUT2D eigenvalue weighted by Crippen LogP contribution is 2.13. The van der Waals surface area contributed by atoms with E-state index in [1.54, 1.807) is 0 Å². The molecule has 1 unspecified atom stereocenters. The quantitative estimate of drug-likeness (QED) is 0.629. The number of hydrogen-bond acceptors (Lipinski definition) is 1. The smallest absolute Gasteiger partial charge is 0.00674 e. The topological polar surface area (TPSA) is 0 Å². The predicted octanol–water partition coefficient (Wildman–Crippen LogP) is 3.16. The van der Waals surface area contributed by atoms with Gasteiger partial charge in [-0.25, -0.2) is 0 Å². The van der Waals surface area contributed by atoms with Crippen molar-refractivity contribution in [2.75, 3.05) is 16.8 Å². The first kappa shape index (κ1) is 9.83. The molecule has 56 valence electrons. The van der Waals surface area contributed by atoms with Gasteiger partial charge in [0.25, 0.3) is 0 Å². The molecule has 0 aliphatic rings. The SMILES string of the molecule is CCSCC(CC)CBr. The Morgan fingerprint density at radius 2 is 2.11 bits per heavy atom. The van der Waals surface area contributed by atoms with Gasteiger partial charge in [0.1, 0.15) is 0 Å². The molecule has 0 nitrogen and oxygen atoms in total. The van der Waals surface area contributed by atoms with Crippen molar-refractivity contribution < 1.29 is 0 Å². The van der Waals surface area contributed by atoms with Crippen molar-refractivity contribution in [3.63, 3.8) is 0 Å². The number of hydrogen-bond donors (Lipinski definition) is 0. The standard InChI is InChI=1S/C7H15BrS/c1-3-7(5-8)6-9-4-2/h7H,3-6H2,1-2H3. The minimum atomic E-state index is 0.884. The van der Waals surface area contributed by atoms with Crippen LogP contribution in [0.1, 0.15) is 20.3 Å². The minimum Gasteiger partial charge on any atom is -0.162 e. The zero-order valence-corrected chi connectivity index (χ0v) is 8.59. The van der Waals surface area contributed by atoms with Gasteiger partial charge in [-0.3, -0.25) is 0 Å². The predicted molar refractivity (Wildman–Crippen MR) is 50.6 cm³/mol. The number of thioether (sulfide) groups is 1. The van der Waals surface area contributed by atoms with Crippen LogP contribution in [0.25, 0.3) is 0 Å². The van der Waals surface area contributed by atoms with E-state index in [1.807, 2.05) is 11.8 Å². The Kier molecular flexibility index (Phi) is 7.58. The summed E-state index contributed by atoms with van der Waals surface area (Å²) in [6.07, 6.45) is 1.30. The molecule has 0 amide bonds. The molecule has 1 atom stereocenters. The van der Waals surface area contributed by atoms with E-state index in [1.165, 1.54) is 17.9 Å². The summed E-state index contributed by atoms with van der Waals surface area (Å²) < 4.78 is 0. The van der Waals surface area contributed by atoms with E-state index >= 15 is 0 Å². The second kappa shape index (κ2) is 6.94. The van der Waals surface area contributed by atoms with Crippen LogP contribution in [0.15, 0.2) is 0 Å². The average Bonchev–Trinajstić information content (AvgIpc) is 1.91. The second-order valence-electron chi connectivity index (χ2n) is 2.09. The molecule has 0 heterocycles. The molecular weight excluding hydrogens is 196 g/mol. The van der Waals surface area contributed by atoms with Crippen molar-refractivity contribution in [1.29, 1.82) is 0 Å². The van der Waals surface area contributed by atoms with Crippen molar-refractivity contribution in [3.8, 4) is 0 Å². The Bertz CT molecular complexity index is 52.9. The maximum atomic E-state index is 3.49. The van der Waals surface area contributed by atoms with Crippen molar-refractivity contribution in [1.82, 2.24) is 0 Å². The fourth-order valence-corrected chi connectivity index (χ4v) is 2.47. The van der Waals surface area contributed by atoms with Gasteiger partial charge in [0.2, 0.25) is 0 Å². The van der Waals surface area contributed by atoms with E-state index in [-0.39, 0.29) is 0 Å². The summed E-state index contributed by atoms with van der Waals surface area (Å²) in [6, 6.07) is 0.